The van der Waals surface area contributed by atoms with Gasteiger partial charge in [0.25, 0.3) is 0 Å². The number of carbonyl (C=O) groups is 1. The van der Waals surface area contributed by atoms with Crippen LogP contribution < -0.4 is 11.1 Å². The highest BCUT2D eigenvalue weighted by atomic mass is 32.2. The lowest BCUT2D eigenvalue weighted by Gasteiger charge is -2.06. The predicted octanol–water partition coefficient (Wildman–Crippen LogP) is 2.08. The maximum absolute atomic E-state index is 11.6. The number of benzene rings is 1. The third-order valence-corrected chi connectivity index (χ3v) is 3.55. The fraction of sp³-hybridized carbons (Fsp3) is 0.500. The van der Waals surface area contributed by atoms with E-state index in [9.17, 15) is 4.79 Å². The Bertz CT molecular complexity index is 363. The van der Waals surface area contributed by atoms with Crippen molar-refractivity contribution in [1.29, 1.82) is 0 Å². The van der Waals surface area contributed by atoms with Crippen molar-refractivity contribution in [3.63, 3.8) is 0 Å². The molecule has 0 spiro atoms. The summed E-state index contributed by atoms with van der Waals surface area (Å²) in [7, 11) is 0. The molecule has 100 valence electrons. The molecule has 1 amide bonds. The van der Waals surface area contributed by atoms with Crippen molar-refractivity contribution in [3.05, 3.63) is 35.4 Å². The Morgan fingerprint density at radius 1 is 1.39 bits per heavy atom. The number of hydrogen-bond donors (Lipinski definition) is 2. The maximum atomic E-state index is 11.6. The minimum atomic E-state index is 0.0882. The first-order valence-electron chi connectivity index (χ1n) is 6.23. The molecular formula is C14H22N2OS. The average Bonchev–Trinajstić information content (AvgIpc) is 2.34. The molecule has 18 heavy (non-hydrogen) atoms. The molecule has 0 saturated heterocycles. The van der Waals surface area contributed by atoms with Gasteiger partial charge in [0.15, 0.2) is 0 Å². The Kier molecular flexibility index (Phi) is 6.83. The van der Waals surface area contributed by atoms with E-state index >= 15 is 0 Å². The van der Waals surface area contributed by atoms with Crippen LogP contribution in [0.2, 0.25) is 0 Å². The largest absolute Gasteiger partial charge is 0.351 e. The number of rotatable bonds is 7. The highest BCUT2D eigenvalue weighted by Gasteiger charge is 2.02. The molecule has 0 radical (unpaired) electrons. The van der Waals surface area contributed by atoms with Gasteiger partial charge in [-0.15, -0.1) is 0 Å². The van der Waals surface area contributed by atoms with Gasteiger partial charge < -0.3 is 11.1 Å². The van der Waals surface area contributed by atoms with Gasteiger partial charge in [0.2, 0.25) is 5.91 Å². The highest BCUT2D eigenvalue weighted by molar-refractivity contribution is 7.99. The van der Waals surface area contributed by atoms with E-state index in [1.54, 1.807) is 11.8 Å². The number of thioether (sulfide) groups is 1. The second-order valence-electron chi connectivity index (χ2n) is 4.58. The molecule has 1 aromatic rings. The second-order valence-corrected chi connectivity index (χ2v) is 5.69. The molecule has 0 aliphatic rings. The van der Waals surface area contributed by atoms with Crippen molar-refractivity contribution in [2.75, 3.05) is 11.5 Å². The molecule has 4 heteroatoms. The van der Waals surface area contributed by atoms with Crippen molar-refractivity contribution in [2.45, 2.75) is 32.9 Å². The van der Waals surface area contributed by atoms with E-state index < -0.39 is 0 Å². The first-order valence-corrected chi connectivity index (χ1v) is 7.39. The van der Waals surface area contributed by atoms with Crippen molar-refractivity contribution in [3.8, 4) is 0 Å². The molecule has 1 unspecified atom stereocenters. The predicted molar refractivity (Wildman–Crippen MR) is 78.6 cm³/mol. The maximum Gasteiger partial charge on any atom is 0.230 e. The monoisotopic (exact) mass is 266 g/mol. The summed E-state index contributed by atoms with van der Waals surface area (Å²) in [6.45, 7) is 4.64. The van der Waals surface area contributed by atoms with Crippen molar-refractivity contribution in [2.24, 2.45) is 5.73 Å². The number of nitrogens with two attached hydrogens (primary N) is 1. The Hall–Kier alpha value is -1.00. The molecule has 1 aromatic carbocycles. The summed E-state index contributed by atoms with van der Waals surface area (Å²) >= 11 is 1.64. The average molecular weight is 266 g/mol. The summed E-state index contributed by atoms with van der Waals surface area (Å²) in [6, 6.07) is 8.41. The molecule has 1 rings (SSSR count). The van der Waals surface area contributed by atoms with Crippen molar-refractivity contribution >= 4 is 17.7 Å². The van der Waals surface area contributed by atoms with Gasteiger partial charge in [-0.2, -0.15) is 11.8 Å². The first kappa shape index (κ1) is 15.1. The van der Waals surface area contributed by atoms with E-state index in [0.717, 1.165) is 17.7 Å². The van der Waals surface area contributed by atoms with Gasteiger partial charge in [0, 0.05) is 12.6 Å². The summed E-state index contributed by atoms with van der Waals surface area (Å²) in [5.41, 5.74) is 8.01. The van der Waals surface area contributed by atoms with Gasteiger partial charge in [-0.1, -0.05) is 29.8 Å². The Morgan fingerprint density at radius 2 is 2.06 bits per heavy atom. The normalized spacial score (nSPS) is 12.2. The summed E-state index contributed by atoms with van der Waals surface area (Å²) in [5, 5.41) is 2.92. The number of hydrogen-bond acceptors (Lipinski definition) is 3. The highest BCUT2D eigenvalue weighted by Crippen LogP contribution is 2.05. The van der Waals surface area contributed by atoms with Crippen LogP contribution in [0.5, 0.6) is 0 Å². The molecule has 0 heterocycles. The van der Waals surface area contributed by atoms with Crippen LogP contribution in [0, 0.1) is 6.92 Å². The van der Waals surface area contributed by atoms with Crippen molar-refractivity contribution < 1.29 is 4.79 Å². The number of amides is 1. The second kappa shape index (κ2) is 8.16. The van der Waals surface area contributed by atoms with Gasteiger partial charge in [-0.05, 0) is 31.6 Å². The number of nitrogens with one attached hydrogen (secondary N) is 1. The van der Waals surface area contributed by atoms with Crippen LogP contribution >= 0.6 is 11.8 Å². The van der Waals surface area contributed by atoms with Crippen LogP contribution in [-0.2, 0) is 11.3 Å². The minimum absolute atomic E-state index is 0.0882. The Labute approximate surface area is 114 Å². The smallest absolute Gasteiger partial charge is 0.230 e. The molecule has 1 atom stereocenters. The van der Waals surface area contributed by atoms with E-state index in [4.69, 9.17) is 5.73 Å². The zero-order chi connectivity index (χ0) is 13.4. The van der Waals surface area contributed by atoms with Gasteiger partial charge in [-0.3, -0.25) is 4.79 Å². The summed E-state index contributed by atoms with van der Waals surface area (Å²) in [4.78, 5) is 11.6. The van der Waals surface area contributed by atoms with E-state index in [0.29, 0.717) is 12.3 Å². The fourth-order valence-electron chi connectivity index (χ4n) is 1.39. The van der Waals surface area contributed by atoms with Gasteiger partial charge in [0.1, 0.15) is 0 Å². The molecule has 0 aliphatic heterocycles. The molecular weight excluding hydrogens is 244 g/mol. The topological polar surface area (TPSA) is 55.1 Å². The summed E-state index contributed by atoms with van der Waals surface area (Å²) < 4.78 is 0. The lowest BCUT2D eigenvalue weighted by Crippen LogP contribution is -2.25. The van der Waals surface area contributed by atoms with Crippen LogP contribution in [0.4, 0.5) is 0 Å². The summed E-state index contributed by atoms with van der Waals surface area (Å²) in [5.74, 6) is 1.54. The minimum Gasteiger partial charge on any atom is -0.351 e. The van der Waals surface area contributed by atoms with Gasteiger partial charge >= 0.3 is 0 Å². The lowest BCUT2D eigenvalue weighted by atomic mass is 10.1. The van der Waals surface area contributed by atoms with Crippen LogP contribution in [0.1, 0.15) is 24.5 Å². The van der Waals surface area contributed by atoms with Crippen molar-refractivity contribution in [1.82, 2.24) is 5.32 Å². The first-order chi connectivity index (χ1) is 8.58. The third-order valence-electron chi connectivity index (χ3n) is 2.56. The van der Waals surface area contributed by atoms with E-state index in [1.807, 2.05) is 19.1 Å². The Balaban J connectivity index is 2.15. The molecule has 0 fully saturated rings. The number of aryl methyl sites for hydroxylation is 1. The zero-order valence-corrected chi connectivity index (χ0v) is 11.9. The molecule has 0 saturated carbocycles. The third kappa shape index (κ3) is 6.67. The van der Waals surface area contributed by atoms with Crippen LogP contribution in [0.15, 0.2) is 24.3 Å². The Morgan fingerprint density at radius 3 is 2.67 bits per heavy atom. The molecule has 0 aromatic heterocycles. The molecule has 0 aliphatic carbocycles. The van der Waals surface area contributed by atoms with Crippen LogP contribution in [-0.4, -0.2) is 23.5 Å². The van der Waals surface area contributed by atoms with Gasteiger partial charge in [-0.25, -0.2) is 0 Å². The summed E-state index contributed by atoms with van der Waals surface area (Å²) in [6.07, 6.45) is 0.954. The standard InChI is InChI=1S/C14H22N2OS/c1-11-3-5-13(6-4-11)9-16-14(17)10-18-8-7-12(2)15/h3-6,12H,7-10,15H2,1-2H3,(H,16,17). The lowest BCUT2D eigenvalue weighted by molar-refractivity contribution is -0.118. The fourth-order valence-corrected chi connectivity index (χ4v) is 2.36. The zero-order valence-electron chi connectivity index (χ0n) is 11.1. The molecule has 3 nitrogen and oxygen atoms in total. The van der Waals surface area contributed by atoms with Crippen LogP contribution in [0.25, 0.3) is 0 Å². The number of carbonyl (C=O) groups excluding carboxylic acids is 1. The van der Waals surface area contributed by atoms with E-state index in [2.05, 4.69) is 24.4 Å². The SMILES string of the molecule is Cc1ccc(CNC(=O)CSCCC(C)N)cc1. The van der Waals surface area contributed by atoms with E-state index in [1.165, 1.54) is 5.56 Å². The quantitative estimate of drug-likeness (QED) is 0.743. The van der Waals surface area contributed by atoms with E-state index in [-0.39, 0.29) is 11.9 Å². The molecule has 0 bridgehead atoms. The van der Waals surface area contributed by atoms with Gasteiger partial charge in [0.05, 0.1) is 5.75 Å². The van der Waals surface area contributed by atoms with Crippen LogP contribution in [0.3, 0.4) is 0 Å². The molecule has 3 N–H and O–H groups in total.